The molecular formula is C20H28N6O2. The maximum atomic E-state index is 13.1. The van der Waals surface area contributed by atoms with E-state index in [1.807, 2.05) is 17.9 Å². The maximum absolute atomic E-state index is 13.1. The first-order chi connectivity index (χ1) is 13.3. The van der Waals surface area contributed by atoms with Crippen molar-refractivity contribution in [1.29, 1.82) is 0 Å². The predicted octanol–water partition coefficient (Wildman–Crippen LogP) is 1.81. The first kappa shape index (κ1) is 18.7. The minimum Gasteiger partial charge on any atom is -0.369 e. The molecule has 2 aromatic rings. The summed E-state index contributed by atoms with van der Waals surface area (Å²) in [7, 11) is 0. The fourth-order valence-electron chi connectivity index (χ4n) is 4.59. The molecule has 3 N–H and O–H groups in total. The zero-order valence-electron chi connectivity index (χ0n) is 16.8. The van der Waals surface area contributed by atoms with Gasteiger partial charge in [-0.3, -0.25) is 19.3 Å². The Morgan fingerprint density at radius 1 is 1.32 bits per heavy atom. The minimum atomic E-state index is -0.136. The molecule has 28 heavy (non-hydrogen) atoms. The van der Waals surface area contributed by atoms with Crippen molar-refractivity contribution in [3.8, 4) is 0 Å². The van der Waals surface area contributed by atoms with Crippen molar-refractivity contribution in [1.82, 2.24) is 24.6 Å². The summed E-state index contributed by atoms with van der Waals surface area (Å²) in [5.41, 5.74) is 8.75. The van der Waals surface area contributed by atoms with E-state index in [0.717, 1.165) is 42.6 Å². The minimum absolute atomic E-state index is 0.0349. The average Bonchev–Trinajstić information content (AvgIpc) is 3.25. The molecular weight excluding hydrogens is 356 g/mol. The SMILES string of the molecule is CCn1nc(C(C)C)cc1C(=O)N1CCC2(CCc3c2nc(N)[nH]c3=O)CC1. The molecule has 1 aliphatic carbocycles. The van der Waals surface area contributed by atoms with Crippen molar-refractivity contribution in [2.24, 2.45) is 0 Å². The Morgan fingerprint density at radius 3 is 2.68 bits per heavy atom. The van der Waals surface area contributed by atoms with Crippen LogP contribution < -0.4 is 11.3 Å². The number of likely N-dealkylation sites (tertiary alicyclic amines) is 1. The molecule has 1 spiro atoms. The number of aryl methyl sites for hydroxylation is 1. The van der Waals surface area contributed by atoms with E-state index in [2.05, 4.69) is 28.9 Å². The van der Waals surface area contributed by atoms with Gasteiger partial charge in [-0.05, 0) is 44.6 Å². The maximum Gasteiger partial charge on any atom is 0.272 e. The highest BCUT2D eigenvalue weighted by Gasteiger charge is 2.44. The fraction of sp³-hybridized carbons (Fsp3) is 0.600. The number of rotatable bonds is 3. The van der Waals surface area contributed by atoms with E-state index < -0.39 is 0 Å². The van der Waals surface area contributed by atoms with Crippen molar-refractivity contribution < 1.29 is 4.79 Å². The summed E-state index contributed by atoms with van der Waals surface area (Å²) in [6.45, 7) is 8.14. The lowest BCUT2D eigenvalue weighted by molar-refractivity contribution is 0.0651. The fourth-order valence-corrected chi connectivity index (χ4v) is 4.59. The summed E-state index contributed by atoms with van der Waals surface area (Å²) in [6, 6.07) is 1.92. The lowest BCUT2D eigenvalue weighted by Gasteiger charge is -2.39. The lowest BCUT2D eigenvalue weighted by atomic mass is 9.76. The Balaban J connectivity index is 1.55. The second kappa shape index (κ2) is 6.76. The molecule has 2 aliphatic rings. The number of aromatic amines is 1. The van der Waals surface area contributed by atoms with E-state index in [-0.39, 0.29) is 28.7 Å². The van der Waals surface area contributed by atoms with Gasteiger partial charge in [0.15, 0.2) is 0 Å². The topological polar surface area (TPSA) is 110 Å². The Hall–Kier alpha value is -2.64. The van der Waals surface area contributed by atoms with E-state index in [1.165, 1.54) is 0 Å². The number of piperidine rings is 1. The van der Waals surface area contributed by atoms with Crippen molar-refractivity contribution in [2.75, 3.05) is 18.8 Å². The molecule has 0 aromatic carbocycles. The van der Waals surface area contributed by atoms with Crippen LogP contribution >= 0.6 is 0 Å². The molecule has 8 heteroatoms. The molecule has 3 heterocycles. The van der Waals surface area contributed by atoms with E-state index in [9.17, 15) is 9.59 Å². The summed E-state index contributed by atoms with van der Waals surface area (Å²) in [5.74, 6) is 0.498. The van der Waals surface area contributed by atoms with Gasteiger partial charge in [-0.25, -0.2) is 4.98 Å². The number of aromatic nitrogens is 4. The van der Waals surface area contributed by atoms with E-state index >= 15 is 0 Å². The van der Waals surface area contributed by atoms with Crippen LogP contribution in [0.4, 0.5) is 5.95 Å². The van der Waals surface area contributed by atoms with Gasteiger partial charge in [-0.2, -0.15) is 5.10 Å². The zero-order valence-corrected chi connectivity index (χ0v) is 16.8. The highest BCUT2D eigenvalue weighted by Crippen LogP contribution is 2.44. The molecule has 150 valence electrons. The van der Waals surface area contributed by atoms with Crippen molar-refractivity contribution in [2.45, 2.75) is 64.3 Å². The Labute approximate surface area is 164 Å². The number of amides is 1. The first-order valence-electron chi connectivity index (χ1n) is 10.1. The van der Waals surface area contributed by atoms with Crippen molar-refractivity contribution >= 4 is 11.9 Å². The third-order valence-corrected chi connectivity index (χ3v) is 6.31. The number of H-pyrrole nitrogens is 1. The number of hydrogen-bond donors (Lipinski definition) is 2. The zero-order chi connectivity index (χ0) is 20.1. The number of hydrogen-bond acceptors (Lipinski definition) is 5. The highest BCUT2D eigenvalue weighted by molar-refractivity contribution is 5.92. The van der Waals surface area contributed by atoms with Gasteiger partial charge in [0.1, 0.15) is 5.69 Å². The summed E-state index contributed by atoms with van der Waals surface area (Å²) >= 11 is 0. The number of fused-ring (bicyclic) bond motifs is 2. The predicted molar refractivity (Wildman–Crippen MR) is 106 cm³/mol. The highest BCUT2D eigenvalue weighted by atomic mass is 16.2. The molecule has 0 unspecified atom stereocenters. The van der Waals surface area contributed by atoms with Gasteiger partial charge < -0.3 is 10.6 Å². The molecule has 1 saturated heterocycles. The summed E-state index contributed by atoms with van der Waals surface area (Å²) in [4.78, 5) is 34.3. The lowest BCUT2D eigenvalue weighted by Crippen LogP contribution is -2.45. The molecule has 8 nitrogen and oxygen atoms in total. The van der Waals surface area contributed by atoms with Gasteiger partial charge >= 0.3 is 0 Å². The molecule has 0 bridgehead atoms. The largest absolute Gasteiger partial charge is 0.369 e. The van der Waals surface area contributed by atoms with Crippen LogP contribution in [-0.2, 0) is 18.4 Å². The van der Waals surface area contributed by atoms with Crippen LogP contribution in [0, 0.1) is 0 Å². The van der Waals surface area contributed by atoms with Crippen molar-refractivity contribution in [3.05, 3.63) is 39.1 Å². The quantitative estimate of drug-likeness (QED) is 0.839. The number of nitrogens with zero attached hydrogens (tertiary/aromatic N) is 4. The Kier molecular flexibility index (Phi) is 4.51. The van der Waals surface area contributed by atoms with Crippen LogP contribution in [0.5, 0.6) is 0 Å². The molecule has 4 rings (SSSR count). The summed E-state index contributed by atoms with van der Waals surface area (Å²) in [5, 5.41) is 4.57. The smallest absolute Gasteiger partial charge is 0.272 e. The number of carbonyl (C=O) groups excluding carboxylic acids is 1. The van der Waals surface area contributed by atoms with Crippen LogP contribution in [0.2, 0.25) is 0 Å². The normalized spacial score (nSPS) is 18.1. The first-order valence-corrected chi connectivity index (χ1v) is 10.1. The van der Waals surface area contributed by atoms with Gasteiger partial charge in [0.25, 0.3) is 11.5 Å². The van der Waals surface area contributed by atoms with Crippen molar-refractivity contribution in [3.63, 3.8) is 0 Å². The summed E-state index contributed by atoms with van der Waals surface area (Å²) < 4.78 is 1.80. The molecule has 0 radical (unpaired) electrons. The second-order valence-corrected chi connectivity index (χ2v) is 8.28. The van der Waals surface area contributed by atoms with Gasteiger partial charge in [-0.15, -0.1) is 0 Å². The van der Waals surface area contributed by atoms with Gasteiger partial charge in [0.2, 0.25) is 5.95 Å². The molecule has 2 aromatic heterocycles. The molecule has 1 fully saturated rings. The Morgan fingerprint density at radius 2 is 2.04 bits per heavy atom. The van der Waals surface area contributed by atoms with E-state index in [1.54, 1.807) is 4.68 Å². The average molecular weight is 384 g/mol. The van der Waals surface area contributed by atoms with Crippen LogP contribution in [-0.4, -0.2) is 43.6 Å². The number of nitrogens with one attached hydrogen (secondary N) is 1. The standard InChI is InChI=1S/C20H28N6O2/c1-4-26-15(11-14(24-26)12(2)3)18(28)25-9-7-20(8-10-25)6-5-13-16(20)22-19(21)23-17(13)27/h11-12H,4-10H2,1-3H3,(H3,21,22,23,27). The van der Waals surface area contributed by atoms with Crippen LogP contribution in [0.15, 0.2) is 10.9 Å². The third-order valence-electron chi connectivity index (χ3n) is 6.31. The number of carbonyl (C=O) groups is 1. The Bertz CT molecular complexity index is 966. The third kappa shape index (κ3) is 2.91. The number of anilines is 1. The van der Waals surface area contributed by atoms with E-state index in [0.29, 0.717) is 25.3 Å². The molecule has 0 saturated carbocycles. The monoisotopic (exact) mass is 384 g/mol. The van der Waals surface area contributed by atoms with Crippen LogP contribution in [0.1, 0.15) is 73.4 Å². The second-order valence-electron chi connectivity index (χ2n) is 8.28. The summed E-state index contributed by atoms with van der Waals surface area (Å²) in [6.07, 6.45) is 3.23. The van der Waals surface area contributed by atoms with E-state index in [4.69, 9.17) is 5.73 Å². The van der Waals surface area contributed by atoms with Crippen LogP contribution in [0.25, 0.3) is 0 Å². The molecule has 1 aliphatic heterocycles. The number of nitrogens with two attached hydrogens (primary N) is 1. The molecule has 1 amide bonds. The van der Waals surface area contributed by atoms with Gasteiger partial charge in [0, 0.05) is 30.6 Å². The van der Waals surface area contributed by atoms with Gasteiger partial charge in [0.05, 0.1) is 11.4 Å². The number of nitrogen functional groups attached to an aromatic ring is 1. The van der Waals surface area contributed by atoms with Crippen LogP contribution in [0.3, 0.4) is 0 Å². The van der Waals surface area contributed by atoms with Gasteiger partial charge in [-0.1, -0.05) is 13.8 Å². The molecule has 0 atom stereocenters.